The number of carbonyl (C=O) groups is 2. The van der Waals surface area contributed by atoms with Gasteiger partial charge in [-0.15, -0.1) is 0 Å². The second kappa shape index (κ2) is 11.1. The Bertz CT molecular complexity index is 1890. The van der Waals surface area contributed by atoms with Crippen molar-refractivity contribution < 1.29 is 9.59 Å². The Hall–Kier alpha value is -5.44. The number of nitrogens with one attached hydrogen (secondary N) is 4. The van der Waals surface area contributed by atoms with E-state index in [1.54, 1.807) is 18.5 Å². The van der Waals surface area contributed by atoms with Gasteiger partial charge in [-0.05, 0) is 76.9 Å². The zero-order valence-electron chi connectivity index (χ0n) is 21.6. The highest BCUT2D eigenvalue weighted by molar-refractivity contribution is 5.99. The lowest BCUT2D eigenvalue weighted by Gasteiger charge is -2.06. The molecule has 0 unspecified atom stereocenters. The number of rotatable bonds is 9. The lowest BCUT2D eigenvalue weighted by Crippen LogP contribution is -2.18. The van der Waals surface area contributed by atoms with E-state index in [0.29, 0.717) is 24.9 Å². The number of hydrazone groups is 2. The summed E-state index contributed by atoms with van der Waals surface area (Å²) in [6.45, 7) is 0.672. The van der Waals surface area contributed by atoms with Gasteiger partial charge in [0, 0.05) is 59.1 Å². The van der Waals surface area contributed by atoms with Crippen LogP contribution in [0, 0.1) is 0 Å². The Kier molecular flexibility index (Phi) is 6.92. The first-order valence-electron chi connectivity index (χ1n) is 13.0. The first-order valence-corrected chi connectivity index (χ1v) is 13.0. The van der Waals surface area contributed by atoms with Crippen LogP contribution in [0.25, 0.3) is 32.7 Å². The number of hydrogen-bond acceptors (Lipinski definition) is 4. The maximum absolute atomic E-state index is 12.6. The van der Waals surface area contributed by atoms with Gasteiger partial charge in [-0.2, -0.15) is 10.2 Å². The molecular weight excluding hydrogens is 502 g/mol. The number of H-pyrrole nitrogens is 2. The highest BCUT2D eigenvalue weighted by Crippen LogP contribution is 2.19. The summed E-state index contributed by atoms with van der Waals surface area (Å²) in [6, 6.07) is 23.4. The van der Waals surface area contributed by atoms with Gasteiger partial charge in [0.25, 0.3) is 5.91 Å². The maximum atomic E-state index is 12.6. The molecule has 0 radical (unpaired) electrons. The first kappa shape index (κ1) is 24.9. The van der Waals surface area contributed by atoms with Crippen LogP contribution in [0.2, 0.25) is 0 Å². The smallest absolute Gasteiger partial charge is 0.271 e. The molecule has 0 fully saturated rings. The molecule has 6 rings (SSSR count). The fraction of sp³-hybridized carbons (Fsp3) is 0.0968. The fourth-order valence-electron chi connectivity index (χ4n) is 4.70. The summed E-state index contributed by atoms with van der Waals surface area (Å²) >= 11 is 0. The van der Waals surface area contributed by atoms with Gasteiger partial charge >= 0.3 is 0 Å². The summed E-state index contributed by atoms with van der Waals surface area (Å²) in [5, 5.41) is 11.4. The predicted molar refractivity (Wildman–Crippen MR) is 159 cm³/mol. The van der Waals surface area contributed by atoms with Gasteiger partial charge < -0.3 is 14.5 Å². The van der Waals surface area contributed by atoms with E-state index in [4.69, 9.17) is 0 Å². The van der Waals surface area contributed by atoms with Crippen molar-refractivity contribution in [2.24, 2.45) is 10.2 Å². The molecule has 0 saturated carbocycles. The molecule has 3 aromatic carbocycles. The molecule has 4 N–H and O–H groups in total. The zero-order chi connectivity index (χ0) is 27.3. The Labute approximate surface area is 229 Å². The molecule has 6 aromatic rings. The van der Waals surface area contributed by atoms with Crippen LogP contribution in [-0.2, 0) is 11.3 Å². The van der Waals surface area contributed by atoms with Gasteiger partial charge in [0.15, 0.2) is 0 Å². The molecule has 198 valence electrons. The zero-order valence-corrected chi connectivity index (χ0v) is 21.6. The quantitative estimate of drug-likeness (QED) is 0.150. The summed E-state index contributed by atoms with van der Waals surface area (Å²) in [4.78, 5) is 31.2. The molecule has 2 amide bonds. The van der Waals surface area contributed by atoms with Crippen LogP contribution in [0.5, 0.6) is 0 Å². The van der Waals surface area contributed by atoms with Crippen LogP contribution in [0.4, 0.5) is 0 Å². The molecule has 3 aromatic heterocycles. The summed E-state index contributed by atoms with van der Waals surface area (Å²) in [5.41, 5.74) is 10.5. The van der Waals surface area contributed by atoms with Crippen LogP contribution in [0.3, 0.4) is 0 Å². The summed E-state index contributed by atoms with van der Waals surface area (Å²) < 4.78 is 2.08. The minimum absolute atomic E-state index is 0.138. The van der Waals surface area contributed by atoms with Crippen molar-refractivity contribution in [1.29, 1.82) is 0 Å². The van der Waals surface area contributed by atoms with Crippen molar-refractivity contribution in [3.8, 4) is 0 Å². The minimum Gasteiger partial charge on any atom is -0.361 e. The average Bonchev–Trinajstić information content (AvgIpc) is 3.72. The number of carbonyl (C=O) groups excluding carboxylic acids is 2. The molecule has 0 bridgehead atoms. The van der Waals surface area contributed by atoms with Crippen molar-refractivity contribution in [2.45, 2.75) is 19.4 Å². The maximum Gasteiger partial charge on any atom is 0.271 e. The standard InChI is InChI=1S/C31H27N7O2/c39-30(36-34-19-21-3-5-23-9-12-32-27(23)16-21)2-1-14-38-15-11-25-18-26(7-8-29(25)38)31(40)37-35-20-22-4-6-24-10-13-33-28(24)17-22/h3-13,15-20,32-33H,1-2,14H2,(H,36,39)(H,37,40)/b34-19+,35-20+. The van der Waals surface area contributed by atoms with E-state index in [-0.39, 0.29) is 11.8 Å². The molecule has 0 aliphatic heterocycles. The minimum atomic E-state index is -0.281. The largest absolute Gasteiger partial charge is 0.361 e. The van der Waals surface area contributed by atoms with Gasteiger partial charge in [0.05, 0.1) is 12.4 Å². The third kappa shape index (κ3) is 5.53. The normalized spacial score (nSPS) is 11.8. The van der Waals surface area contributed by atoms with E-state index in [1.807, 2.05) is 85.3 Å². The van der Waals surface area contributed by atoms with Crippen molar-refractivity contribution >= 4 is 57.0 Å². The number of aromatic nitrogens is 3. The number of amides is 2. The van der Waals surface area contributed by atoms with Crippen LogP contribution in [0.15, 0.2) is 102 Å². The van der Waals surface area contributed by atoms with E-state index in [9.17, 15) is 9.59 Å². The van der Waals surface area contributed by atoms with E-state index >= 15 is 0 Å². The van der Waals surface area contributed by atoms with Crippen LogP contribution >= 0.6 is 0 Å². The molecule has 0 aliphatic carbocycles. The molecule has 0 saturated heterocycles. The van der Waals surface area contributed by atoms with Gasteiger partial charge in [0.2, 0.25) is 5.91 Å². The Morgan fingerprint density at radius 2 is 1.43 bits per heavy atom. The number of aryl methyl sites for hydroxylation is 1. The van der Waals surface area contributed by atoms with E-state index in [1.165, 1.54) is 0 Å². The number of benzene rings is 3. The Morgan fingerprint density at radius 1 is 0.750 bits per heavy atom. The molecule has 0 spiro atoms. The number of nitrogens with zero attached hydrogens (tertiary/aromatic N) is 3. The third-order valence-corrected chi connectivity index (χ3v) is 6.78. The number of aromatic amines is 2. The summed E-state index contributed by atoms with van der Waals surface area (Å²) in [7, 11) is 0. The summed E-state index contributed by atoms with van der Waals surface area (Å²) in [6.07, 6.45) is 10.0. The van der Waals surface area contributed by atoms with Gasteiger partial charge in [-0.25, -0.2) is 10.9 Å². The molecule has 0 aliphatic rings. The van der Waals surface area contributed by atoms with Crippen molar-refractivity contribution in [3.63, 3.8) is 0 Å². The number of hydrogen-bond donors (Lipinski definition) is 4. The highest BCUT2D eigenvalue weighted by atomic mass is 16.2. The van der Waals surface area contributed by atoms with E-state index in [0.717, 1.165) is 43.8 Å². The van der Waals surface area contributed by atoms with E-state index in [2.05, 4.69) is 35.6 Å². The van der Waals surface area contributed by atoms with Gasteiger partial charge in [-0.3, -0.25) is 9.59 Å². The SMILES string of the molecule is O=C(CCCn1ccc2cc(C(=O)N/N=C/c3ccc4cc[nH]c4c3)ccc21)N/N=C/c1ccc2cc[nH]c2c1. The lowest BCUT2D eigenvalue weighted by molar-refractivity contribution is -0.121. The fourth-order valence-corrected chi connectivity index (χ4v) is 4.70. The van der Waals surface area contributed by atoms with Crippen molar-refractivity contribution in [2.75, 3.05) is 0 Å². The highest BCUT2D eigenvalue weighted by Gasteiger charge is 2.09. The number of fused-ring (bicyclic) bond motifs is 3. The molecule has 9 heteroatoms. The first-order chi connectivity index (χ1) is 19.6. The molecular formula is C31H27N7O2. The predicted octanol–water partition coefficient (Wildman–Crippen LogP) is 5.30. The molecule has 40 heavy (non-hydrogen) atoms. The second-order valence-corrected chi connectivity index (χ2v) is 9.53. The van der Waals surface area contributed by atoms with Gasteiger partial charge in [0.1, 0.15) is 0 Å². The average molecular weight is 530 g/mol. The van der Waals surface area contributed by atoms with Crippen molar-refractivity contribution in [1.82, 2.24) is 25.4 Å². The van der Waals surface area contributed by atoms with Crippen molar-refractivity contribution in [3.05, 3.63) is 108 Å². The lowest BCUT2D eigenvalue weighted by atomic mass is 10.1. The van der Waals surface area contributed by atoms with E-state index < -0.39 is 0 Å². The van der Waals surface area contributed by atoms with Crippen LogP contribution in [-0.4, -0.2) is 38.8 Å². The summed E-state index contributed by atoms with van der Waals surface area (Å²) in [5.74, 6) is -0.419. The Morgan fingerprint density at radius 3 is 2.12 bits per heavy atom. The monoisotopic (exact) mass is 529 g/mol. The second-order valence-electron chi connectivity index (χ2n) is 9.53. The topological polar surface area (TPSA) is 119 Å². The Balaban J connectivity index is 0.991. The molecule has 3 heterocycles. The third-order valence-electron chi connectivity index (χ3n) is 6.78. The van der Waals surface area contributed by atoms with Crippen LogP contribution < -0.4 is 10.9 Å². The molecule has 0 atom stereocenters. The van der Waals surface area contributed by atoms with Gasteiger partial charge in [-0.1, -0.05) is 24.3 Å². The van der Waals surface area contributed by atoms with Crippen LogP contribution in [0.1, 0.15) is 34.3 Å². The molecule has 9 nitrogen and oxygen atoms in total.